The molecule has 3 heterocycles. The standard InChI is InChI=1S/C23H29N2O2P.C5H12/c1-15-11-18(5-6-20(15)27-4)21-13-22(26)25-14-19(12-16(2)23(25)28-21)17-7-9-24(3)10-8-17;1-4-5(2)3/h5-6,11-14,17,23,28H,7-10H2,1-4H3;5H,4H2,1-3H3. The molecule has 0 N–H and O–H groups in total. The van der Waals surface area contributed by atoms with Crippen molar-refractivity contribution >= 4 is 19.8 Å². The topological polar surface area (TPSA) is 32.8 Å². The summed E-state index contributed by atoms with van der Waals surface area (Å²) in [5.41, 5.74) is 4.86. The number of benzene rings is 1. The summed E-state index contributed by atoms with van der Waals surface area (Å²) in [4.78, 5) is 17.4. The van der Waals surface area contributed by atoms with Crippen LogP contribution < -0.4 is 4.74 Å². The van der Waals surface area contributed by atoms with Gasteiger partial charge in [0.05, 0.1) is 12.9 Å². The lowest BCUT2D eigenvalue weighted by molar-refractivity contribution is -0.123. The number of piperidine rings is 1. The molecule has 4 nitrogen and oxygen atoms in total. The molecule has 0 aliphatic carbocycles. The van der Waals surface area contributed by atoms with Crippen molar-refractivity contribution < 1.29 is 9.53 Å². The van der Waals surface area contributed by atoms with E-state index < -0.39 is 0 Å². The summed E-state index contributed by atoms with van der Waals surface area (Å²) < 4.78 is 5.38. The van der Waals surface area contributed by atoms with E-state index >= 15 is 0 Å². The summed E-state index contributed by atoms with van der Waals surface area (Å²) in [6.45, 7) is 13.1. The molecule has 2 unspecified atom stereocenters. The molecule has 180 valence electrons. The molecule has 3 aliphatic heterocycles. The molecule has 1 aromatic rings. The Kier molecular flexibility index (Phi) is 8.95. The average Bonchev–Trinajstić information content (AvgIpc) is 2.80. The third-order valence-electron chi connectivity index (χ3n) is 6.92. The van der Waals surface area contributed by atoms with Crippen LogP contribution in [0.2, 0.25) is 0 Å². The van der Waals surface area contributed by atoms with Gasteiger partial charge in [0, 0.05) is 12.3 Å². The molecule has 0 aromatic heterocycles. The highest BCUT2D eigenvalue weighted by molar-refractivity contribution is 7.51. The fourth-order valence-electron chi connectivity index (χ4n) is 4.37. The molecule has 1 aromatic carbocycles. The predicted molar refractivity (Wildman–Crippen MR) is 142 cm³/mol. The van der Waals surface area contributed by atoms with Crippen molar-refractivity contribution in [3.63, 3.8) is 0 Å². The van der Waals surface area contributed by atoms with E-state index in [0.29, 0.717) is 14.5 Å². The highest BCUT2D eigenvalue weighted by Gasteiger charge is 2.33. The number of allylic oxidation sites excluding steroid dienone is 2. The van der Waals surface area contributed by atoms with Crippen LogP contribution in [0.1, 0.15) is 58.1 Å². The molecule has 2 atom stereocenters. The second-order valence-corrected chi connectivity index (χ2v) is 11.3. The van der Waals surface area contributed by atoms with E-state index in [-0.39, 0.29) is 11.7 Å². The number of hydrogen-bond donors (Lipinski definition) is 0. The Morgan fingerprint density at radius 1 is 1.15 bits per heavy atom. The lowest BCUT2D eigenvalue weighted by Gasteiger charge is -2.39. The molecule has 5 heteroatoms. The van der Waals surface area contributed by atoms with Gasteiger partial charge in [0.15, 0.2) is 0 Å². The van der Waals surface area contributed by atoms with E-state index in [1.807, 2.05) is 24.0 Å². The first kappa shape index (κ1) is 25.7. The molecular weight excluding hydrogens is 427 g/mol. The predicted octanol–water partition coefficient (Wildman–Crippen LogP) is 6.43. The van der Waals surface area contributed by atoms with Gasteiger partial charge in [-0.15, -0.1) is 0 Å². The first-order valence-electron chi connectivity index (χ1n) is 12.3. The molecule has 1 saturated heterocycles. The van der Waals surface area contributed by atoms with E-state index in [1.165, 1.54) is 30.4 Å². The fraction of sp³-hybridized carbons (Fsp3) is 0.536. The Morgan fingerprint density at radius 3 is 2.39 bits per heavy atom. The molecule has 0 bridgehead atoms. The van der Waals surface area contributed by atoms with Gasteiger partial charge in [0.25, 0.3) is 5.91 Å². The minimum absolute atomic E-state index is 0.102. The number of likely N-dealkylation sites (tertiary alicyclic amines) is 1. The summed E-state index contributed by atoms with van der Waals surface area (Å²) in [5, 5.41) is 1.14. The number of ether oxygens (including phenoxy) is 1. The largest absolute Gasteiger partial charge is 0.496 e. The van der Waals surface area contributed by atoms with Gasteiger partial charge < -0.3 is 14.5 Å². The van der Waals surface area contributed by atoms with Crippen LogP contribution in [0.5, 0.6) is 5.75 Å². The van der Waals surface area contributed by atoms with Crippen LogP contribution in [0.15, 0.2) is 47.7 Å². The monoisotopic (exact) mass is 468 g/mol. The second kappa shape index (κ2) is 11.5. The number of amides is 1. The maximum absolute atomic E-state index is 13.0. The van der Waals surface area contributed by atoms with Crippen LogP contribution in [-0.2, 0) is 4.79 Å². The summed E-state index contributed by atoms with van der Waals surface area (Å²) in [6, 6.07) is 6.19. The molecular formula is C28H41N2O2P. The van der Waals surface area contributed by atoms with E-state index in [4.69, 9.17) is 4.74 Å². The van der Waals surface area contributed by atoms with Gasteiger partial charge in [-0.2, -0.15) is 0 Å². The normalized spacial score (nSPS) is 22.3. The van der Waals surface area contributed by atoms with Gasteiger partial charge in [0.1, 0.15) is 5.75 Å². The molecule has 0 spiro atoms. The molecule has 0 radical (unpaired) electrons. The zero-order valence-corrected chi connectivity index (χ0v) is 22.4. The van der Waals surface area contributed by atoms with Crippen molar-refractivity contribution in [3.8, 4) is 5.75 Å². The summed E-state index contributed by atoms with van der Waals surface area (Å²) >= 11 is 0. The van der Waals surface area contributed by atoms with Gasteiger partial charge in [-0.05, 0) is 98.4 Å². The molecule has 1 amide bonds. The summed E-state index contributed by atoms with van der Waals surface area (Å²) in [7, 11) is 4.43. The van der Waals surface area contributed by atoms with Crippen LogP contribution in [0.4, 0.5) is 0 Å². The smallest absolute Gasteiger partial charge is 0.252 e. The zero-order chi connectivity index (χ0) is 24.1. The van der Waals surface area contributed by atoms with Crippen molar-refractivity contribution in [2.75, 3.05) is 27.2 Å². The fourth-order valence-corrected chi connectivity index (χ4v) is 5.85. The first-order valence-corrected chi connectivity index (χ1v) is 13.3. The Balaban J connectivity index is 0.000000555. The number of fused-ring (bicyclic) bond motifs is 1. The van der Waals surface area contributed by atoms with E-state index in [1.54, 1.807) is 7.11 Å². The van der Waals surface area contributed by atoms with Crippen LogP contribution in [0.3, 0.4) is 0 Å². The average molecular weight is 469 g/mol. The van der Waals surface area contributed by atoms with Crippen molar-refractivity contribution in [3.05, 3.63) is 58.8 Å². The van der Waals surface area contributed by atoms with E-state index in [0.717, 1.165) is 41.2 Å². The SMILES string of the molecule is CCC(C)C.COc1ccc(C2=CC(=O)N3C=C(C4CCN(C)CC4)C=C(C)C3P2)cc1C. The molecule has 3 aliphatic rings. The van der Waals surface area contributed by atoms with Crippen LogP contribution in [-0.4, -0.2) is 48.7 Å². The van der Waals surface area contributed by atoms with Gasteiger partial charge in [-0.25, -0.2) is 0 Å². The molecule has 1 fully saturated rings. The summed E-state index contributed by atoms with van der Waals surface area (Å²) in [6.07, 6.45) is 9.97. The minimum atomic E-state index is 0.102. The maximum atomic E-state index is 13.0. The van der Waals surface area contributed by atoms with E-state index in [9.17, 15) is 4.79 Å². The van der Waals surface area contributed by atoms with Crippen LogP contribution in [0.25, 0.3) is 5.31 Å². The van der Waals surface area contributed by atoms with Gasteiger partial charge in [-0.3, -0.25) is 4.79 Å². The quantitative estimate of drug-likeness (QED) is 0.478. The number of hydrogen-bond acceptors (Lipinski definition) is 3. The second-order valence-electron chi connectivity index (χ2n) is 9.93. The van der Waals surface area contributed by atoms with Crippen molar-refractivity contribution in [1.82, 2.24) is 9.80 Å². The number of nitrogens with zero attached hydrogens (tertiary/aromatic N) is 2. The Hall–Kier alpha value is -1.90. The van der Waals surface area contributed by atoms with Crippen molar-refractivity contribution in [1.29, 1.82) is 0 Å². The Bertz CT molecular complexity index is 939. The maximum Gasteiger partial charge on any atom is 0.252 e. The lowest BCUT2D eigenvalue weighted by atomic mass is 9.87. The first-order chi connectivity index (χ1) is 15.7. The Morgan fingerprint density at radius 2 is 1.82 bits per heavy atom. The molecule has 0 saturated carbocycles. The van der Waals surface area contributed by atoms with Crippen molar-refractivity contribution in [2.45, 2.75) is 59.7 Å². The number of carbonyl (C=O) groups is 1. The van der Waals surface area contributed by atoms with Gasteiger partial charge in [-0.1, -0.05) is 47.9 Å². The molecule has 33 heavy (non-hydrogen) atoms. The lowest BCUT2D eigenvalue weighted by Crippen LogP contribution is -2.39. The Labute approximate surface area is 202 Å². The number of methoxy groups -OCH3 is 1. The van der Waals surface area contributed by atoms with Crippen LogP contribution >= 0.6 is 8.58 Å². The number of carbonyl (C=O) groups excluding carboxylic acids is 1. The number of rotatable bonds is 4. The minimum Gasteiger partial charge on any atom is -0.496 e. The van der Waals surface area contributed by atoms with Crippen molar-refractivity contribution in [2.24, 2.45) is 11.8 Å². The number of aryl methyl sites for hydroxylation is 1. The third kappa shape index (κ3) is 6.37. The zero-order valence-electron chi connectivity index (χ0n) is 21.4. The third-order valence-corrected chi connectivity index (χ3v) is 8.67. The van der Waals surface area contributed by atoms with E-state index in [2.05, 4.69) is 64.1 Å². The van der Waals surface area contributed by atoms with Crippen LogP contribution in [0, 0.1) is 18.8 Å². The highest BCUT2D eigenvalue weighted by atomic mass is 31.1. The van der Waals surface area contributed by atoms with Gasteiger partial charge in [0.2, 0.25) is 0 Å². The highest BCUT2D eigenvalue weighted by Crippen LogP contribution is 2.48. The van der Waals surface area contributed by atoms with Gasteiger partial charge >= 0.3 is 0 Å². The summed E-state index contributed by atoms with van der Waals surface area (Å²) in [5.74, 6) is 2.60. The molecule has 4 rings (SSSR count).